The summed E-state index contributed by atoms with van der Waals surface area (Å²) in [6, 6.07) is 9.63. The zero-order valence-corrected chi connectivity index (χ0v) is 18.4. The molecule has 2 amide bonds. The van der Waals surface area contributed by atoms with Gasteiger partial charge in [-0.1, -0.05) is 6.07 Å². The molecule has 1 aromatic carbocycles. The van der Waals surface area contributed by atoms with Gasteiger partial charge in [0, 0.05) is 30.5 Å². The van der Waals surface area contributed by atoms with Crippen molar-refractivity contribution < 1.29 is 18.0 Å². The number of thiazole rings is 1. The van der Waals surface area contributed by atoms with Gasteiger partial charge in [0.2, 0.25) is 15.9 Å². The van der Waals surface area contributed by atoms with Crippen LogP contribution in [0.1, 0.15) is 27.2 Å². The number of nitrogens with zero attached hydrogens (tertiary/aromatic N) is 2. The van der Waals surface area contributed by atoms with E-state index in [0.29, 0.717) is 28.7 Å². The van der Waals surface area contributed by atoms with Gasteiger partial charge in [0.1, 0.15) is 0 Å². The fourth-order valence-electron chi connectivity index (χ4n) is 3.06. The van der Waals surface area contributed by atoms with Crippen LogP contribution in [0.5, 0.6) is 0 Å². The molecule has 0 atom stereocenters. The lowest BCUT2D eigenvalue weighted by Gasteiger charge is -2.25. The highest BCUT2D eigenvalue weighted by molar-refractivity contribution is 7.89. The third-order valence-electron chi connectivity index (χ3n) is 4.47. The molecular formula is C19H18N4O4S3. The smallest absolute Gasteiger partial charge is 0.267 e. The summed E-state index contributed by atoms with van der Waals surface area (Å²) < 4.78 is 27.5. The van der Waals surface area contributed by atoms with E-state index in [9.17, 15) is 18.0 Å². The molecule has 0 unspecified atom stereocenters. The largest absolute Gasteiger partial charge is 0.326 e. The molecule has 156 valence electrons. The van der Waals surface area contributed by atoms with Gasteiger partial charge in [0.15, 0.2) is 5.13 Å². The van der Waals surface area contributed by atoms with Crippen LogP contribution in [-0.4, -0.2) is 36.1 Å². The lowest BCUT2D eigenvalue weighted by atomic mass is 10.2. The van der Waals surface area contributed by atoms with Gasteiger partial charge in [0.05, 0.1) is 22.0 Å². The fourth-order valence-corrected chi connectivity index (χ4v) is 6.19. The van der Waals surface area contributed by atoms with Crippen molar-refractivity contribution in [3.8, 4) is 0 Å². The van der Waals surface area contributed by atoms with Crippen LogP contribution >= 0.6 is 22.7 Å². The monoisotopic (exact) mass is 462 g/mol. The van der Waals surface area contributed by atoms with E-state index in [2.05, 4.69) is 15.6 Å². The van der Waals surface area contributed by atoms with Crippen LogP contribution in [0.4, 0.5) is 10.8 Å². The van der Waals surface area contributed by atoms with Crippen LogP contribution in [0.3, 0.4) is 0 Å². The Bertz CT molecular complexity index is 1190. The minimum absolute atomic E-state index is 0.163. The Kier molecular flexibility index (Phi) is 5.69. The van der Waals surface area contributed by atoms with Crippen molar-refractivity contribution in [1.29, 1.82) is 0 Å². The number of anilines is 2. The predicted molar refractivity (Wildman–Crippen MR) is 116 cm³/mol. The molecule has 0 aliphatic carbocycles. The van der Waals surface area contributed by atoms with Crippen LogP contribution in [0, 0.1) is 0 Å². The van der Waals surface area contributed by atoms with E-state index in [0.717, 1.165) is 10.6 Å². The highest BCUT2D eigenvalue weighted by Gasteiger charge is 2.30. The van der Waals surface area contributed by atoms with Gasteiger partial charge in [0.25, 0.3) is 5.91 Å². The molecule has 0 saturated heterocycles. The summed E-state index contributed by atoms with van der Waals surface area (Å²) in [5, 5.41) is 7.70. The van der Waals surface area contributed by atoms with Crippen LogP contribution in [0.15, 0.2) is 46.7 Å². The van der Waals surface area contributed by atoms with Crippen LogP contribution in [0.2, 0.25) is 0 Å². The topological polar surface area (TPSA) is 108 Å². The second-order valence-corrected chi connectivity index (χ2v) is 10.6. The zero-order valence-electron chi connectivity index (χ0n) is 15.9. The summed E-state index contributed by atoms with van der Waals surface area (Å²) in [7, 11) is -3.69. The Morgan fingerprint density at radius 3 is 2.57 bits per heavy atom. The van der Waals surface area contributed by atoms with Crippen molar-refractivity contribution in [1.82, 2.24) is 9.29 Å². The SMILES string of the molecule is CC(=O)Nc1ccc(S(=O)(=O)N2CCc3nc(NC(=O)c4cccs4)sc3C2)cc1. The van der Waals surface area contributed by atoms with E-state index in [1.807, 2.05) is 5.38 Å². The lowest BCUT2D eigenvalue weighted by molar-refractivity contribution is -0.114. The lowest BCUT2D eigenvalue weighted by Crippen LogP contribution is -2.35. The van der Waals surface area contributed by atoms with Gasteiger partial charge in [-0.3, -0.25) is 14.9 Å². The van der Waals surface area contributed by atoms with E-state index < -0.39 is 10.0 Å². The van der Waals surface area contributed by atoms with Crippen LogP contribution in [-0.2, 0) is 27.8 Å². The van der Waals surface area contributed by atoms with E-state index >= 15 is 0 Å². The molecule has 0 radical (unpaired) electrons. The maximum atomic E-state index is 13.0. The number of hydrogen-bond acceptors (Lipinski definition) is 7. The van der Waals surface area contributed by atoms with Gasteiger partial charge in [-0.05, 0) is 35.7 Å². The molecule has 30 heavy (non-hydrogen) atoms. The first-order chi connectivity index (χ1) is 14.3. The molecule has 2 N–H and O–H groups in total. The minimum Gasteiger partial charge on any atom is -0.326 e. The molecule has 2 aromatic heterocycles. The molecule has 3 aromatic rings. The maximum absolute atomic E-state index is 13.0. The van der Waals surface area contributed by atoms with Gasteiger partial charge >= 0.3 is 0 Å². The Hall–Kier alpha value is -2.60. The number of carbonyl (C=O) groups is 2. The van der Waals surface area contributed by atoms with E-state index in [-0.39, 0.29) is 23.3 Å². The van der Waals surface area contributed by atoms with Crippen LogP contribution in [0.25, 0.3) is 0 Å². The number of hydrogen-bond donors (Lipinski definition) is 2. The normalized spacial score (nSPS) is 14.2. The maximum Gasteiger partial charge on any atom is 0.267 e. The first-order valence-electron chi connectivity index (χ1n) is 9.04. The number of amides is 2. The Labute approximate surface area is 181 Å². The number of rotatable bonds is 5. The zero-order chi connectivity index (χ0) is 21.3. The first kappa shape index (κ1) is 20.7. The molecule has 0 bridgehead atoms. The van der Waals surface area contributed by atoms with Gasteiger partial charge in [-0.2, -0.15) is 4.31 Å². The van der Waals surface area contributed by atoms with Crippen molar-refractivity contribution in [3.05, 3.63) is 57.2 Å². The molecule has 3 heterocycles. The Morgan fingerprint density at radius 1 is 1.13 bits per heavy atom. The Balaban J connectivity index is 1.48. The van der Waals surface area contributed by atoms with Gasteiger partial charge in [-0.15, -0.1) is 22.7 Å². The molecule has 1 aliphatic rings. The summed E-state index contributed by atoms with van der Waals surface area (Å²) >= 11 is 2.64. The molecule has 4 rings (SSSR count). The summed E-state index contributed by atoms with van der Waals surface area (Å²) in [4.78, 5) is 29.4. The number of benzene rings is 1. The fraction of sp³-hybridized carbons (Fsp3) is 0.211. The third-order valence-corrected chi connectivity index (χ3v) is 8.20. The molecule has 0 fully saturated rings. The third kappa shape index (κ3) is 4.29. The Morgan fingerprint density at radius 2 is 1.90 bits per heavy atom. The van der Waals surface area contributed by atoms with Gasteiger partial charge in [-0.25, -0.2) is 13.4 Å². The van der Waals surface area contributed by atoms with Crippen molar-refractivity contribution in [2.24, 2.45) is 0 Å². The molecule has 0 spiro atoms. The van der Waals surface area contributed by atoms with E-state index in [1.165, 1.54) is 46.0 Å². The average Bonchev–Trinajstić information content (AvgIpc) is 3.37. The number of sulfonamides is 1. The first-order valence-corrected chi connectivity index (χ1v) is 12.2. The van der Waals surface area contributed by atoms with Crippen molar-refractivity contribution in [2.45, 2.75) is 24.8 Å². The summed E-state index contributed by atoms with van der Waals surface area (Å²) in [5.74, 6) is -0.443. The predicted octanol–water partition coefficient (Wildman–Crippen LogP) is 3.16. The average molecular weight is 463 g/mol. The summed E-state index contributed by atoms with van der Waals surface area (Å²) in [5.41, 5.74) is 1.35. The van der Waals surface area contributed by atoms with Gasteiger partial charge < -0.3 is 5.32 Å². The molecular weight excluding hydrogens is 444 g/mol. The second-order valence-electron chi connectivity index (χ2n) is 6.61. The molecule has 11 heteroatoms. The molecule has 1 aliphatic heterocycles. The molecule has 0 saturated carbocycles. The molecule has 8 nitrogen and oxygen atoms in total. The van der Waals surface area contributed by atoms with E-state index in [4.69, 9.17) is 0 Å². The number of carbonyl (C=O) groups excluding carboxylic acids is 2. The van der Waals surface area contributed by atoms with Crippen molar-refractivity contribution >= 4 is 55.3 Å². The summed E-state index contributed by atoms with van der Waals surface area (Å²) in [6.07, 6.45) is 0.476. The standard InChI is InChI=1S/C19H18N4O4S3/c1-12(24)20-13-4-6-14(7-5-13)30(26,27)23-9-8-15-17(11-23)29-19(21-15)22-18(25)16-3-2-10-28-16/h2-7,10H,8-9,11H2,1H3,(H,20,24)(H,21,22,25). The van der Waals surface area contributed by atoms with Crippen LogP contribution < -0.4 is 10.6 Å². The van der Waals surface area contributed by atoms with E-state index in [1.54, 1.807) is 24.3 Å². The highest BCUT2D eigenvalue weighted by Crippen LogP contribution is 2.31. The highest BCUT2D eigenvalue weighted by atomic mass is 32.2. The van der Waals surface area contributed by atoms with Crippen molar-refractivity contribution in [3.63, 3.8) is 0 Å². The number of nitrogens with one attached hydrogen (secondary N) is 2. The quantitative estimate of drug-likeness (QED) is 0.605. The summed E-state index contributed by atoms with van der Waals surface area (Å²) in [6.45, 7) is 1.91. The second kappa shape index (κ2) is 8.26. The minimum atomic E-state index is -3.69. The number of aromatic nitrogens is 1. The number of fused-ring (bicyclic) bond motifs is 1. The number of thiophene rings is 1. The van der Waals surface area contributed by atoms with Crippen molar-refractivity contribution in [2.75, 3.05) is 17.2 Å².